The van der Waals surface area contributed by atoms with Crippen molar-refractivity contribution in [2.45, 2.75) is 20.3 Å². The third-order valence-electron chi connectivity index (χ3n) is 3.88. The molecule has 0 atom stereocenters. The summed E-state index contributed by atoms with van der Waals surface area (Å²) in [5.74, 6) is -0.0139. The highest BCUT2D eigenvalue weighted by Crippen LogP contribution is 2.24. The highest BCUT2D eigenvalue weighted by molar-refractivity contribution is 7.09. The number of nitrogens with zero attached hydrogens (tertiary/aromatic N) is 5. The topological polar surface area (TPSA) is 73.0 Å². The van der Waals surface area contributed by atoms with Crippen LogP contribution in [-0.2, 0) is 6.42 Å². The summed E-state index contributed by atoms with van der Waals surface area (Å²) < 4.78 is 1.64. The molecule has 0 spiro atoms. The van der Waals surface area contributed by atoms with Gasteiger partial charge in [-0.25, -0.2) is 14.5 Å². The summed E-state index contributed by atoms with van der Waals surface area (Å²) in [4.78, 5) is 25.7. The van der Waals surface area contributed by atoms with E-state index in [-0.39, 0.29) is 12.2 Å². The van der Waals surface area contributed by atoms with Crippen molar-refractivity contribution in [2.75, 3.05) is 0 Å². The van der Waals surface area contributed by atoms with Gasteiger partial charge in [-0.05, 0) is 37.6 Å². The van der Waals surface area contributed by atoms with Crippen LogP contribution in [-0.4, -0.2) is 30.3 Å². The van der Waals surface area contributed by atoms with Gasteiger partial charge in [-0.2, -0.15) is 5.10 Å². The fourth-order valence-electron chi connectivity index (χ4n) is 2.73. The first-order valence-corrected chi connectivity index (χ1v) is 8.69. The van der Waals surface area contributed by atoms with Crippen LogP contribution >= 0.6 is 11.3 Å². The van der Waals surface area contributed by atoms with Crippen LogP contribution in [0.1, 0.15) is 26.8 Å². The van der Waals surface area contributed by atoms with Crippen LogP contribution in [0.15, 0.2) is 42.3 Å². The second-order valence-corrected chi connectivity index (χ2v) is 6.78. The predicted octanol–water partition coefficient (Wildman–Crippen LogP) is 3.29. The largest absolute Gasteiger partial charge is 0.294 e. The molecule has 4 aromatic heterocycles. The zero-order chi connectivity index (χ0) is 17.4. The molecule has 0 amide bonds. The summed E-state index contributed by atoms with van der Waals surface area (Å²) in [6, 6.07) is 5.78. The maximum Gasteiger partial charge on any atom is 0.173 e. The van der Waals surface area contributed by atoms with Crippen molar-refractivity contribution in [1.29, 1.82) is 0 Å². The number of pyridine rings is 2. The Morgan fingerprint density at radius 3 is 2.80 bits per heavy atom. The van der Waals surface area contributed by atoms with Gasteiger partial charge in [0.1, 0.15) is 11.3 Å². The second kappa shape index (κ2) is 6.18. The summed E-state index contributed by atoms with van der Waals surface area (Å²) in [5.41, 5.74) is 4.86. The molecule has 4 aromatic rings. The van der Waals surface area contributed by atoms with Crippen molar-refractivity contribution >= 4 is 22.8 Å². The number of aryl methyl sites for hydroxylation is 2. The van der Waals surface area contributed by atoms with E-state index in [0.29, 0.717) is 11.2 Å². The van der Waals surface area contributed by atoms with Crippen LogP contribution in [0.5, 0.6) is 0 Å². The van der Waals surface area contributed by atoms with Gasteiger partial charge in [0.05, 0.1) is 12.0 Å². The van der Waals surface area contributed by atoms with E-state index >= 15 is 0 Å². The van der Waals surface area contributed by atoms with Crippen molar-refractivity contribution in [3.05, 3.63) is 64.3 Å². The van der Waals surface area contributed by atoms with Crippen molar-refractivity contribution in [3.63, 3.8) is 0 Å². The van der Waals surface area contributed by atoms with Crippen LogP contribution in [0.25, 0.3) is 16.8 Å². The van der Waals surface area contributed by atoms with E-state index in [1.807, 2.05) is 43.6 Å². The van der Waals surface area contributed by atoms with Gasteiger partial charge in [0, 0.05) is 34.7 Å². The Bertz CT molecular complexity index is 1080. The molecular weight excluding hydrogens is 334 g/mol. The van der Waals surface area contributed by atoms with Crippen LogP contribution < -0.4 is 0 Å². The van der Waals surface area contributed by atoms with Gasteiger partial charge in [-0.1, -0.05) is 0 Å². The number of hydrogen-bond donors (Lipinski definition) is 0. The maximum atomic E-state index is 12.9. The van der Waals surface area contributed by atoms with E-state index in [1.54, 1.807) is 10.7 Å². The molecule has 4 rings (SSSR count). The molecule has 0 radical (unpaired) electrons. The molecule has 0 unspecified atom stereocenters. The van der Waals surface area contributed by atoms with Crippen molar-refractivity contribution < 1.29 is 4.79 Å². The Kier molecular flexibility index (Phi) is 3.85. The van der Waals surface area contributed by atoms with Crippen molar-refractivity contribution in [3.8, 4) is 11.1 Å². The summed E-state index contributed by atoms with van der Waals surface area (Å²) in [6.45, 7) is 3.86. The Hall–Kier alpha value is -2.93. The SMILES string of the molecule is Cc1cc(-c2cc(C(=O)Cc3nc(C)cs3)c3ncnn3c2)ccn1. The normalized spacial score (nSPS) is 11.1. The highest BCUT2D eigenvalue weighted by atomic mass is 32.1. The molecule has 0 aromatic carbocycles. The van der Waals surface area contributed by atoms with Crippen molar-refractivity contribution in [1.82, 2.24) is 24.6 Å². The molecule has 4 heterocycles. The van der Waals surface area contributed by atoms with Crippen LogP contribution in [0, 0.1) is 13.8 Å². The predicted molar refractivity (Wildman–Crippen MR) is 95.8 cm³/mol. The molecule has 0 aliphatic heterocycles. The highest BCUT2D eigenvalue weighted by Gasteiger charge is 2.17. The number of ketones is 1. The molecule has 0 bridgehead atoms. The van der Waals surface area contributed by atoms with Gasteiger partial charge in [0.2, 0.25) is 0 Å². The second-order valence-electron chi connectivity index (χ2n) is 5.84. The number of Topliss-reactive ketones (excluding diaryl/α,β-unsaturated/α-hetero) is 1. The van der Waals surface area contributed by atoms with E-state index in [4.69, 9.17) is 0 Å². The fraction of sp³-hybridized carbons (Fsp3) is 0.167. The summed E-state index contributed by atoms with van der Waals surface area (Å²) >= 11 is 1.50. The zero-order valence-corrected chi connectivity index (χ0v) is 14.6. The number of thiazole rings is 1. The number of hydrogen-bond acceptors (Lipinski definition) is 6. The van der Waals surface area contributed by atoms with Gasteiger partial charge in [-0.15, -0.1) is 11.3 Å². The van der Waals surface area contributed by atoms with Gasteiger partial charge in [0.25, 0.3) is 0 Å². The average Bonchev–Trinajstić information content (AvgIpc) is 3.22. The molecule has 0 fully saturated rings. The first-order valence-electron chi connectivity index (χ1n) is 7.81. The van der Waals surface area contributed by atoms with Gasteiger partial charge in [-0.3, -0.25) is 9.78 Å². The maximum absolute atomic E-state index is 12.9. The smallest absolute Gasteiger partial charge is 0.173 e. The first kappa shape index (κ1) is 15.6. The fourth-order valence-corrected chi connectivity index (χ4v) is 3.50. The third kappa shape index (κ3) is 3.06. The lowest BCUT2D eigenvalue weighted by molar-refractivity contribution is 0.0994. The number of rotatable bonds is 4. The number of fused-ring (bicyclic) bond motifs is 1. The quantitative estimate of drug-likeness (QED) is 0.529. The summed E-state index contributed by atoms with van der Waals surface area (Å²) in [6.07, 6.45) is 5.36. The van der Waals surface area contributed by atoms with Gasteiger partial charge in [0.15, 0.2) is 11.4 Å². The summed E-state index contributed by atoms with van der Waals surface area (Å²) in [5, 5.41) is 6.97. The molecular formula is C18H15N5OS. The third-order valence-corrected chi connectivity index (χ3v) is 4.85. The van der Waals surface area contributed by atoms with E-state index < -0.39 is 0 Å². The summed E-state index contributed by atoms with van der Waals surface area (Å²) in [7, 11) is 0. The van der Waals surface area contributed by atoms with Gasteiger partial charge >= 0.3 is 0 Å². The first-order chi connectivity index (χ1) is 12.1. The Labute approximate surface area is 148 Å². The number of aromatic nitrogens is 5. The van der Waals surface area contributed by atoms with Crippen LogP contribution in [0.2, 0.25) is 0 Å². The lowest BCUT2D eigenvalue weighted by Gasteiger charge is -2.07. The van der Waals surface area contributed by atoms with Crippen molar-refractivity contribution in [2.24, 2.45) is 0 Å². The monoisotopic (exact) mass is 349 g/mol. The zero-order valence-electron chi connectivity index (χ0n) is 13.8. The van der Waals surface area contributed by atoms with E-state index in [1.165, 1.54) is 17.7 Å². The number of carbonyl (C=O) groups is 1. The molecule has 0 aliphatic carbocycles. The van der Waals surface area contributed by atoms with E-state index in [2.05, 4.69) is 20.1 Å². The molecule has 6 nitrogen and oxygen atoms in total. The lowest BCUT2D eigenvalue weighted by atomic mass is 10.0. The Morgan fingerprint density at radius 1 is 1.16 bits per heavy atom. The molecule has 124 valence electrons. The number of carbonyl (C=O) groups excluding carboxylic acids is 1. The Balaban J connectivity index is 1.79. The molecule has 0 N–H and O–H groups in total. The molecule has 7 heteroatoms. The minimum atomic E-state index is -0.0139. The van der Waals surface area contributed by atoms with E-state index in [9.17, 15) is 4.79 Å². The minimum absolute atomic E-state index is 0.0139. The van der Waals surface area contributed by atoms with Gasteiger partial charge < -0.3 is 0 Å². The average molecular weight is 349 g/mol. The lowest BCUT2D eigenvalue weighted by Crippen LogP contribution is -2.07. The standard InChI is InChI=1S/C18H15N5OS/c1-11-5-13(3-4-19-11)14-6-15(18-20-10-21-23(18)8-14)16(24)7-17-22-12(2)9-25-17/h3-6,8-10H,7H2,1-2H3. The molecule has 25 heavy (non-hydrogen) atoms. The molecule has 0 saturated carbocycles. The van der Waals surface area contributed by atoms with Crippen LogP contribution in [0.4, 0.5) is 0 Å². The minimum Gasteiger partial charge on any atom is -0.294 e. The van der Waals surface area contributed by atoms with Crippen LogP contribution in [0.3, 0.4) is 0 Å². The molecule has 0 saturated heterocycles. The van der Waals surface area contributed by atoms with E-state index in [0.717, 1.165) is 27.5 Å². The molecule has 0 aliphatic rings. The Morgan fingerprint density at radius 2 is 2.04 bits per heavy atom.